The Morgan fingerprint density at radius 1 is 0.900 bits per heavy atom. The van der Waals surface area contributed by atoms with Crippen molar-refractivity contribution < 1.29 is 17.6 Å². The largest absolute Gasteiger partial charge is 0.272 e. The summed E-state index contributed by atoms with van der Waals surface area (Å²) in [4.78, 5) is 0. The van der Waals surface area contributed by atoms with Crippen LogP contribution in [0.5, 0.6) is 0 Å². The van der Waals surface area contributed by atoms with Crippen molar-refractivity contribution in [2.45, 2.75) is 0 Å². The number of rotatable bonds is 3. The second-order valence-corrected chi connectivity index (χ2v) is 4.10. The molecule has 0 amide bonds. The SMILES string of the molecule is Fc1c(F)c(NN=Cc2ccccc2)c(F)c(F)c1Cl. The lowest BCUT2D eigenvalue weighted by Gasteiger charge is -2.07. The van der Waals surface area contributed by atoms with Gasteiger partial charge < -0.3 is 0 Å². The van der Waals surface area contributed by atoms with Gasteiger partial charge >= 0.3 is 0 Å². The van der Waals surface area contributed by atoms with Crippen molar-refractivity contribution in [3.05, 3.63) is 64.2 Å². The molecule has 0 bridgehead atoms. The van der Waals surface area contributed by atoms with Gasteiger partial charge in [0.15, 0.2) is 23.3 Å². The summed E-state index contributed by atoms with van der Waals surface area (Å²) in [6.45, 7) is 0. The Kier molecular flexibility index (Phi) is 4.24. The third kappa shape index (κ3) is 2.75. The van der Waals surface area contributed by atoms with E-state index in [4.69, 9.17) is 11.6 Å². The summed E-state index contributed by atoms with van der Waals surface area (Å²) < 4.78 is 53.2. The van der Waals surface area contributed by atoms with Gasteiger partial charge in [-0.05, 0) is 5.56 Å². The summed E-state index contributed by atoms with van der Waals surface area (Å²) in [6, 6.07) is 8.59. The van der Waals surface area contributed by atoms with E-state index in [1.165, 1.54) is 6.21 Å². The van der Waals surface area contributed by atoms with Crippen LogP contribution in [0.15, 0.2) is 35.4 Å². The molecule has 2 aromatic rings. The molecule has 0 aliphatic heterocycles. The third-order valence-electron chi connectivity index (χ3n) is 2.40. The molecule has 0 aliphatic carbocycles. The standard InChI is InChI=1S/C13H7ClF4N2/c14-8-9(15)11(17)13(12(18)10(8)16)20-19-6-7-4-2-1-3-5-7/h1-6,20H. The Morgan fingerprint density at radius 2 is 1.45 bits per heavy atom. The summed E-state index contributed by atoms with van der Waals surface area (Å²) in [5.41, 5.74) is 1.51. The lowest BCUT2D eigenvalue weighted by atomic mass is 10.2. The second kappa shape index (κ2) is 5.92. The molecule has 0 fully saturated rings. The number of hydrogen-bond acceptors (Lipinski definition) is 2. The van der Waals surface area contributed by atoms with Gasteiger partial charge in [-0.15, -0.1) is 0 Å². The lowest BCUT2D eigenvalue weighted by Crippen LogP contribution is -2.04. The van der Waals surface area contributed by atoms with Crippen LogP contribution in [0.3, 0.4) is 0 Å². The van der Waals surface area contributed by atoms with Gasteiger partial charge in [0, 0.05) is 0 Å². The minimum Gasteiger partial charge on any atom is -0.272 e. The molecule has 20 heavy (non-hydrogen) atoms. The average molecular weight is 303 g/mol. The maximum atomic E-state index is 13.4. The van der Waals surface area contributed by atoms with E-state index in [1.807, 2.05) is 5.43 Å². The number of nitrogens with zero attached hydrogens (tertiary/aromatic N) is 1. The third-order valence-corrected chi connectivity index (χ3v) is 2.73. The van der Waals surface area contributed by atoms with Gasteiger partial charge in [-0.25, -0.2) is 17.6 Å². The molecule has 0 atom stereocenters. The average Bonchev–Trinajstić information content (AvgIpc) is 2.48. The summed E-state index contributed by atoms with van der Waals surface area (Å²) in [7, 11) is 0. The van der Waals surface area contributed by atoms with Crippen LogP contribution in [0, 0.1) is 23.3 Å². The van der Waals surface area contributed by atoms with Crippen molar-refractivity contribution >= 4 is 23.5 Å². The van der Waals surface area contributed by atoms with Crippen LogP contribution in [0.2, 0.25) is 5.02 Å². The van der Waals surface area contributed by atoms with Crippen LogP contribution < -0.4 is 5.43 Å². The van der Waals surface area contributed by atoms with Gasteiger partial charge in [-0.2, -0.15) is 5.10 Å². The maximum Gasteiger partial charge on any atom is 0.188 e. The molecule has 2 rings (SSSR count). The number of nitrogens with one attached hydrogen (secondary N) is 1. The number of hydrogen-bond donors (Lipinski definition) is 1. The van der Waals surface area contributed by atoms with Gasteiger partial charge in [0.1, 0.15) is 10.7 Å². The normalized spacial score (nSPS) is 11.1. The van der Waals surface area contributed by atoms with E-state index in [2.05, 4.69) is 5.10 Å². The summed E-state index contributed by atoms with van der Waals surface area (Å²) in [6.07, 6.45) is 1.24. The van der Waals surface area contributed by atoms with Crippen molar-refractivity contribution in [2.75, 3.05) is 5.43 Å². The zero-order chi connectivity index (χ0) is 14.7. The highest BCUT2D eigenvalue weighted by molar-refractivity contribution is 6.31. The molecule has 0 spiro atoms. The Balaban J connectivity index is 2.29. The number of halogens is 5. The molecular weight excluding hydrogens is 296 g/mol. The van der Waals surface area contributed by atoms with Crippen LogP contribution in [-0.4, -0.2) is 6.21 Å². The predicted octanol–water partition coefficient (Wildman–Crippen LogP) is 4.34. The van der Waals surface area contributed by atoms with Crippen molar-refractivity contribution in [1.29, 1.82) is 0 Å². The molecule has 0 radical (unpaired) electrons. The monoisotopic (exact) mass is 302 g/mol. The first kappa shape index (κ1) is 14.3. The number of hydrazone groups is 1. The Labute approximate surface area is 116 Å². The van der Waals surface area contributed by atoms with E-state index >= 15 is 0 Å². The van der Waals surface area contributed by atoms with E-state index in [1.54, 1.807) is 30.3 Å². The molecule has 0 unspecified atom stereocenters. The molecular formula is C13H7ClF4N2. The molecule has 0 saturated heterocycles. The molecule has 2 aromatic carbocycles. The molecule has 0 aromatic heterocycles. The van der Waals surface area contributed by atoms with Crippen molar-refractivity contribution in [3.63, 3.8) is 0 Å². The number of anilines is 1. The van der Waals surface area contributed by atoms with Crippen molar-refractivity contribution in [3.8, 4) is 0 Å². The molecule has 0 aliphatic rings. The van der Waals surface area contributed by atoms with Gasteiger partial charge in [0.05, 0.1) is 6.21 Å². The topological polar surface area (TPSA) is 24.4 Å². The summed E-state index contributed by atoms with van der Waals surface area (Å²) >= 11 is 5.09. The van der Waals surface area contributed by atoms with Crippen molar-refractivity contribution in [1.82, 2.24) is 0 Å². The minimum atomic E-state index is -1.68. The van der Waals surface area contributed by atoms with Crippen LogP contribution in [0.25, 0.3) is 0 Å². The fourth-order valence-corrected chi connectivity index (χ4v) is 1.58. The van der Waals surface area contributed by atoms with Gasteiger partial charge in [0.2, 0.25) is 0 Å². The predicted molar refractivity (Wildman–Crippen MR) is 68.9 cm³/mol. The Hall–Kier alpha value is -2.08. The molecule has 0 saturated carbocycles. The van der Waals surface area contributed by atoms with E-state index in [-0.39, 0.29) is 0 Å². The molecule has 7 heteroatoms. The smallest absolute Gasteiger partial charge is 0.188 e. The Morgan fingerprint density at radius 3 is 2.00 bits per heavy atom. The highest BCUT2D eigenvalue weighted by atomic mass is 35.5. The van der Waals surface area contributed by atoms with Crippen LogP contribution >= 0.6 is 11.6 Å². The first-order chi connectivity index (χ1) is 9.52. The van der Waals surface area contributed by atoms with Crippen LogP contribution in [0.1, 0.15) is 5.56 Å². The van der Waals surface area contributed by atoms with E-state index in [0.717, 1.165) is 0 Å². The summed E-state index contributed by atoms with van der Waals surface area (Å²) in [5, 5.41) is 2.28. The van der Waals surface area contributed by atoms with Gasteiger partial charge in [-0.1, -0.05) is 41.9 Å². The van der Waals surface area contributed by atoms with Gasteiger partial charge in [-0.3, -0.25) is 5.43 Å². The van der Waals surface area contributed by atoms with E-state index < -0.39 is 34.0 Å². The fourth-order valence-electron chi connectivity index (χ4n) is 1.41. The first-order valence-corrected chi connectivity index (χ1v) is 5.75. The second-order valence-electron chi connectivity index (χ2n) is 3.73. The van der Waals surface area contributed by atoms with Gasteiger partial charge in [0.25, 0.3) is 0 Å². The van der Waals surface area contributed by atoms with Crippen LogP contribution in [-0.2, 0) is 0 Å². The molecule has 2 nitrogen and oxygen atoms in total. The highest BCUT2D eigenvalue weighted by Gasteiger charge is 2.24. The summed E-state index contributed by atoms with van der Waals surface area (Å²) in [5.74, 6) is -6.64. The highest BCUT2D eigenvalue weighted by Crippen LogP contribution is 2.30. The zero-order valence-electron chi connectivity index (χ0n) is 9.80. The molecule has 1 N–H and O–H groups in total. The Bertz CT molecular complexity index is 630. The maximum absolute atomic E-state index is 13.4. The van der Waals surface area contributed by atoms with Crippen molar-refractivity contribution in [2.24, 2.45) is 5.10 Å². The fraction of sp³-hybridized carbons (Fsp3) is 0. The van der Waals surface area contributed by atoms with Crippen LogP contribution in [0.4, 0.5) is 23.2 Å². The lowest BCUT2D eigenvalue weighted by molar-refractivity contribution is 0.459. The zero-order valence-corrected chi connectivity index (χ0v) is 10.6. The quantitative estimate of drug-likeness (QED) is 0.294. The first-order valence-electron chi connectivity index (χ1n) is 5.38. The molecule has 104 valence electrons. The number of benzene rings is 2. The van der Waals surface area contributed by atoms with E-state index in [9.17, 15) is 17.6 Å². The minimum absolute atomic E-state index is 0.635. The van der Waals surface area contributed by atoms with E-state index in [0.29, 0.717) is 5.56 Å². The molecule has 0 heterocycles.